The van der Waals surface area contributed by atoms with Crippen LogP contribution >= 0.6 is 12.4 Å². The molecule has 0 saturated carbocycles. The highest BCUT2D eigenvalue weighted by atomic mass is 35.5. The van der Waals surface area contributed by atoms with Crippen LogP contribution < -0.4 is 10.6 Å². The first-order valence-electron chi connectivity index (χ1n) is 9.20. The Balaban J connectivity index is 0.00000261. The minimum absolute atomic E-state index is 0. The third-order valence-electron chi connectivity index (χ3n) is 4.54. The lowest BCUT2D eigenvalue weighted by atomic mass is 10.0. The van der Waals surface area contributed by atoms with Crippen LogP contribution in [0.4, 0.5) is 0 Å². The van der Waals surface area contributed by atoms with Gasteiger partial charge in [0.2, 0.25) is 17.6 Å². The number of hydrogen-bond acceptors (Lipinski definition) is 5. The lowest BCUT2D eigenvalue weighted by molar-refractivity contribution is -0.121. The predicted octanol–water partition coefficient (Wildman–Crippen LogP) is 3.25. The Morgan fingerprint density at radius 3 is 2.74 bits per heavy atom. The third kappa shape index (κ3) is 6.19. The van der Waals surface area contributed by atoms with Gasteiger partial charge in [-0.1, -0.05) is 54.9 Å². The van der Waals surface area contributed by atoms with Crippen molar-refractivity contribution < 1.29 is 9.32 Å². The standard InChI is InChI=1S/C20H26N4O2.ClH/c1-14(2)16-3-5-17(6-4-16)20-23-19(26-24-20)8-7-18(25)22-13-15-9-11-21-12-10-15;/h3-6,9,14,21H,7-8,10-13H2,1-2H3,(H,22,25);1H. The number of aromatic nitrogens is 2. The van der Waals surface area contributed by atoms with E-state index in [0.717, 1.165) is 25.1 Å². The molecule has 0 bridgehead atoms. The van der Waals surface area contributed by atoms with E-state index in [0.29, 0.717) is 37.0 Å². The summed E-state index contributed by atoms with van der Waals surface area (Å²) in [5, 5.41) is 10.2. The smallest absolute Gasteiger partial charge is 0.227 e. The van der Waals surface area contributed by atoms with E-state index in [1.165, 1.54) is 11.1 Å². The number of halogens is 1. The first-order chi connectivity index (χ1) is 12.6. The maximum Gasteiger partial charge on any atom is 0.227 e. The molecule has 6 nitrogen and oxygen atoms in total. The largest absolute Gasteiger partial charge is 0.352 e. The Labute approximate surface area is 166 Å². The van der Waals surface area contributed by atoms with Crippen LogP contribution in [0.25, 0.3) is 11.4 Å². The Hall–Kier alpha value is -2.18. The number of carbonyl (C=O) groups excluding carboxylic acids is 1. The second-order valence-electron chi connectivity index (χ2n) is 6.88. The van der Waals surface area contributed by atoms with Gasteiger partial charge < -0.3 is 15.2 Å². The molecular formula is C20H27ClN4O2. The minimum atomic E-state index is 0. The van der Waals surface area contributed by atoms with Crippen LogP contribution in [-0.2, 0) is 11.2 Å². The molecule has 1 amide bonds. The summed E-state index contributed by atoms with van der Waals surface area (Å²) in [7, 11) is 0. The monoisotopic (exact) mass is 390 g/mol. The number of aryl methyl sites for hydroxylation is 1. The van der Waals surface area contributed by atoms with Crippen LogP contribution in [0.15, 0.2) is 40.4 Å². The predicted molar refractivity (Wildman–Crippen MR) is 108 cm³/mol. The lowest BCUT2D eigenvalue weighted by Crippen LogP contribution is -2.29. The SMILES string of the molecule is CC(C)c1ccc(-c2noc(CCC(=O)NCC3=CCNCC3)n2)cc1.Cl. The number of rotatable bonds is 7. The average molecular weight is 391 g/mol. The van der Waals surface area contributed by atoms with Crippen molar-refractivity contribution in [3.05, 3.63) is 47.4 Å². The summed E-state index contributed by atoms with van der Waals surface area (Å²) in [4.78, 5) is 16.4. The summed E-state index contributed by atoms with van der Waals surface area (Å²) in [6, 6.07) is 8.17. The summed E-state index contributed by atoms with van der Waals surface area (Å²) < 4.78 is 5.28. The van der Waals surface area contributed by atoms with E-state index in [1.807, 2.05) is 12.1 Å². The van der Waals surface area contributed by atoms with Crippen LogP contribution in [0.3, 0.4) is 0 Å². The number of hydrogen-bond donors (Lipinski definition) is 2. The molecule has 1 aromatic carbocycles. The van der Waals surface area contributed by atoms with Gasteiger partial charge in [-0.3, -0.25) is 4.79 Å². The fourth-order valence-corrected chi connectivity index (χ4v) is 2.84. The van der Waals surface area contributed by atoms with E-state index in [-0.39, 0.29) is 18.3 Å². The Morgan fingerprint density at radius 1 is 1.30 bits per heavy atom. The summed E-state index contributed by atoms with van der Waals surface area (Å²) in [6.45, 7) is 6.80. The average Bonchev–Trinajstić information content (AvgIpc) is 3.14. The van der Waals surface area contributed by atoms with Crippen LogP contribution in [0.5, 0.6) is 0 Å². The van der Waals surface area contributed by atoms with Gasteiger partial charge in [0.1, 0.15) is 0 Å². The number of nitrogens with one attached hydrogen (secondary N) is 2. The lowest BCUT2D eigenvalue weighted by Gasteiger charge is -2.14. The molecule has 0 unspecified atom stereocenters. The zero-order valence-corrected chi connectivity index (χ0v) is 16.6. The van der Waals surface area contributed by atoms with Gasteiger partial charge in [-0.2, -0.15) is 4.98 Å². The van der Waals surface area contributed by atoms with Gasteiger partial charge >= 0.3 is 0 Å². The van der Waals surface area contributed by atoms with E-state index in [1.54, 1.807) is 0 Å². The molecule has 27 heavy (non-hydrogen) atoms. The Morgan fingerprint density at radius 2 is 2.07 bits per heavy atom. The van der Waals surface area contributed by atoms with E-state index >= 15 is 0 Å². The number of nitrogens with zero attached hydrogens (tertiary/aromatic N) is 2. The maximum absolute atomic E-state index is 12.0. The molecule has 146 valence electrons. The van der Waals surface area contributed by atoms with Crippen molar-refractivity contribution in [2.24, 2.45) is 0 Å². The van der Waals surface area contributed by atoms with Crippen molar-refractivity contribution in [3.8, 4) is 11.4 Å². The van der Waals surface area contributed by atoms with Crippen LogP contribution in [0, 0.1) is 0 Å². The van der Waals surface area contributed by atoms with Gasteiger partial charge in [-0.15, -0.1) is 12.4 Å². The van der Waals surface area contributed by atoms with Crippen LogP contribution in [0.1, 0.15) is 44.1 Å². The Bertz CT molecular complexity index is 769. The van der Waals surface area contributed by atoms with E-state index in [9.17, 15) is 4.79 Å². The zero-order valence-electron chi connectivity index (χ0n) is 15.8. The molecule has 7 heteroatoms. The molecule has 0 atom stereocenters. The molecule has 0 saturated heterocycles. The Kier molecular flexibility index (Phi) is 8.00. The minimum Gasteiger partial charge on any atom is -0.352 e. The van der Waals surface area contributed by atoms with E-state index < -0.39 is 0 Å². The van der Waals surface area contributed by atoms with Gasteiger partial charge in [0.15, 0.2) is 0 Å². The highest BCUT2D eigenvalue weighted by Gasteiger charge is 2.12. The molecule has 1 aromatic heterocycles. The maximum atomic E-state index is 12.0. The van der Waals surface area contributed by atoms with Gasteiger partial charge in [-0.05, 0) is 24.4 Å². The van der Waals surface area contributed by atoms with Crippen molar-refractivity contribution in [3.63, 3.8) is 0 Å². The fraction of sp³-hybridized carbons (Fsp3) is 0.450. The number of carbonyl (C=O) groups is 1. The molecule has 2 N–H and O–H groups in total. The second kappa shape index (κ2) is 10.2. The number of amides is 1. The summed E-state index contributed by atoms with van der Waals surface area (Å²) in [5.41, 5.74) is 3.48. The van der Waals surface area contributed by atoms with Gasteiger partial charge in [-0.25, -0.2) is 0 Å². The van der Waals surface area contributed by atoms with Crippen LogP contribution in [0.2, 0.25) is 0 Å². The first kappa shape index (κ1) is 21.1. The summed E-state index contributed by atoms with van der Waals surface area (Å²) in [6.07, 6.45) is 3.92. The normalized spacial score (nSPS) is 13.8. The first-order valence-corrected chi connectivity index (χ1v) is 9.20. The highest BCUT2D eigenvalue weighted by molar-refractivity contribution is 5.85. The molecule has 0 radical (unpaired) electrons. The van der Waals surface area contributed by atoms with E-state index in [4.69, 9.17) is 4.52 Å². The second-order valence-corrected chi connectivity index (χ2v) is 6.88. The molecule has 3 rings (SSSR count). The molecule has 1 aliphatic rings. The van der Waals surface area contributed by atoms with Gasteiger partial charge in [0.05, 0.1) is 0 Å². The van der Waals surface area contributed by atoms with Crippen LogP contribution in [-0.4, -0.2) is 35.7 Å². The molecule has 2 aromatic rings. The molecular weight excluding hydrogens is 364 g/mol. The van der Waals surface area contributed by atoms with Crippen molar-refractivity contribution in [1.82, 2.24) is 20.8 Å². The highest BCUT2D eigenvalue weighted by Crippen LogP contribution is 2.20. The topological polar surface area (TPSA) is 80.0 Å². The van der Waals surface area contributed by atoms with Gasteiger partial charge in [0, 0.05) is 31.5 Å². The van der Waals surface area contributed by atoms with Crippen molar-refractivity contribution >= 4 is 18.3 Å². The number of benzene rings is 1. The van der Waals surface area contributed by atoms with Crippen molar-refractivity contribution in [2.75, 3.05) is 19.6 Å². The molecule has 2 heterocycles. The molecule has 0 aliphatic carbocycles. The van der Waals surface area contributed by atoms with Crippen molar-refractivity contribution in [2.45, 2.75) is 39.0 Å². The summed E-state index contributed by atoms with van der Waals surface area (Å²) >= 11 is 0. The fourth-order valence-electron chi connectivity index (χ4n) is 2.84. The quantitative estimate of drug-likeness (QED) is 0.709. The molecule has 0 fully saturated rings. The zero-order chi connectivity index (χ0) is 18.4. The summed E-state index contributed by atoms with van der Waals surface area (Å²) in [5.74, 6) is 1.55. The van der Waals surface area contributed by atoms with E-state index in [2.05, 4.69) is 52.8 Å². The van der Waals surface area contributed by atoms with Gasteiger partial charge in [0.25, 0.3) is 0 Å². The molecule has 0 spiro atoms. The van der Waals surface area contributed by atoms with Crippen molar-refractivity contribution in [1.29, 1.82) is 0 Å². The third-order valence-corrected chi connectivity index (χ3v) is 4.54. The molecule has 1 aliphatic heterocycles.